The number of aliphatic hydroxyl groups excluding tert-OH is 1. The first-order valence-electron chi connectivity index (χ1n) is 10.7. The maximum atomic E-state index is 13.0. The lowest BCUT2D eigenvalue weighted by Gasteiger charge is -2.25. The van der Waals surface area contributed by atoms with Crippen molar-refractivity contribution in [3.05, 3.63) is 35.9 Å². The summed E-state index contributed by atoms with van der Waals surface area (Å²) in [6, 6.07) is 3.46. The highest BCUT2D eigenvalue weighted by molar-refractivity contribution is 5.94. The fourth-order valence-corrected chi connectivity index (χ4v) is 2.90. The fourth-order valence-electron chi connectivity index (χ4n) is 2.90. The zero-order chi connectivity index (χ0) is 25.8. The van der Waals surface area contributed by atoms with Gasteiger partial charge in [-0.2, -0.15) is 0 Å². The van der Waals surface area contributed by atoms with Gasteiger partial charge in [-0.25, -0.2) is 4.79 Å². The van der Waals surface area contributed by atoms with Crippen molar-refractivity contribution in [2.24, 2.45) is 11.7 Å². The number of aliphatic hydroxyl groups is 1. The van der Waals surface area contributed by atoms with Gasteiger partial charge in [-0.05, 0) is 17.9 Å². The molecule has 188 valence electrons. The fraction of sp³-hybridized carbons (Fsp3) is 0.500. The molecule has 0 aromatic heterocycles. The molecule has 3 amide bonds. The lowest BCUT2D eigenvalue weighted by Crippen LogP contribution is -2.58. The van der Waals surface area contributed by atoms with Gasteiger partial charge in [0.1, 0.15) is 18.1 Å². The molecule has 0 aliphatic rings. The Kier molecular flexibility index (Phi) is 11.7. The molecular formula is C22H32N4O8. The van der Waals surface area contributed by atoms with Gasteiger partial charge in [-0.3, -0.25) is 19.2 Å². The third-order valence-corrected chi connectivity index (χ3v) is 5.01. The molecule has 12 nitrogen and oxygen atoms in total. The Morgan fingerprint density at radius 1 is 0.853 bits per heavy atom. The van der Waals surface area contributed by atoms with Gasteiger partial charge in [0, 0.05) is 12.8 Å². The van der Waals surface area contributed by atoms with Crippen LogP contribution >= 0.6 is 0 Å². The van der Waals surface area contributed by atoms with Crippen LogP contribution < -0.4 is 21.7 Å². The highest BCUT2D eigenvalue weighted by Crippen LogP contribution is 2.07. The van der Waals surface area contributed by atoms with Gasteiger partial charge in [0.05, 0.1) is 12.6 Å². The van der Waals surface area contributed by atoms with E-state index < -0.39 is 66.9 Å². The maximum Gasteiger partial charge on any atom is 0.328 e. The number of rotatable bonds is 14. The molecule has 0 spiro atoms. The summed E-state index contributed by atoms with van der Waals surface area (Å²) < 4.78 is 0. The molecule has 4 atom stereocenters. The van der Waals surface area contributed by atoms with E-state index in [9.17, 15) is 29.1 Å². The number of hydrogen-bond donors (Lipinski definition) is 7. The summed E-state index contributed by atoms with van der Waals surface area (Å²) in [4.78, 5) is 60.3. The minimum absolute atomic E-state index is 0.0265. The summed E-state index contributed by atoms with van der Waals surface area (Å²) in [6.07, 6.45) is -0.719. The number of hydrogen-bond acceptors (Lipinski definition) is 7. The van der Waals surface area contributed by atoms with Crippen LogP contribution in [0.15, 0.2) is 30.3 Å². The predicted octanol–water partition coefficient (Wildman–Crippen LogP) is -1.39. The summed E-state index contributed by atoms with van der Waals surface area (Å²) in [5.74, 6) is -5.26. The van der Waals surface area contributed by atoms with Crippen molar-refractivity contribution in [3.8, 4) is 0 Å². The van der Waals surface area contributed by atoms with E-state index in [0.29, 0.717) is 5.56 Å². The first kappa shape index (κ1) is 28.5. The van der Waals surface area contributed by atoms with Gasteiger partial charge in [-0.1, -0.05) is 44.2 Å². The summed E-state index contributed by atoms with van der Waals surface area (Å²) in [7, 11) is 0. The van der Waals surface area contributed by atoms with E-state index in [-0.39, 0.29) is 18.8 Å². The zero-order valence-corrected chi connectivity index (χ0v) is 19.1. The highest BCUT2D eigenvalue weighted by atomic mass is 16.4. The van der Waals surface area contributed by atoms with Crippen LogP contribution in [0.2, 0.25) is 0 Å². The highest BCUT2D eigenvalue weighted by Gasteiger charge is 2.31. The number of amides is 3. The smallest absolute Gasteiger partial charge is 0.328 e. The predicted molar refractivity (Wildman–Crippen MR) is 120 cm³/mol. The topological polar surface area (TPSA) is 208 Å². The van der Waals surface area contributed by atoms with Gasteiger partial charge < -0.3 is 37.0 Å². The summed E-state index contributed by atoms with van der Waals surface area (Å²) in [5, 5.41) is 34.4. The number of aliphatic carboxylic acids is 2. The molecule has 1 aromatic carbocycles. The number of benzene rings is 1. The lowest BCUT2D eigenvalue weighted by molar-refractivity contribution is -0.143. The van der Waals surface area contributed by atoms with Crippen molar-refractivity contribution in [2.75, 3.05) is 6.61 Å². The van der Waals surface area contributed by atoms with E-state index in [1.807, 2.05) is 0 Å². The third kappa shape index (κ3) is 9.55. The van der Waals surface area contributed by atoms with Crippen molar-refractivity contribution in [1.82, 2.24) is 16.0 Å². The van der Waals surface area contributed by atoms with Crippen LogP contribution in [0.1, 0.15) is 32.3 Å². The Hall–Kier alpha value is -3.51. The number of carboxylic acid groups (broad SMARTS) is 2. The first-order valence-corrected chi connectivity index (χ1v) is 10.7. The first-order chi connectivity index (χ1) is 16.0. The van der Waals surface area contributed by atoms with Crippen molar-refractivity contribution >= 4 is 29.7 Å². The van der Waals surface area contributed by atoms with Gasteiger partial charge in [0.25, 0.3) is 0 Å². The molecule has 8 N–H and O–H groups in total. The molecule has 1 rings (SSSR count). The van der Waals surface area contributed by atoms with Gasteiger partial charge in [-0.15, -0.1) is 0 Å². The van der Waals surface area contributed by atoms with Gasteiger partial charge in [0.15, 0.2) is 0 Å². The van der Waals surface area contributed by atoms with Crippen LogP contribution in [0.3, 0.4) is 0 Å². The quantitative estimate of drug-likeness (QED) is 0.167. The Morgan fingerprint density at radius 3 is 1.88 bits per heavy atom. The Labute approximate surface area is 196 Å². The van der Waals surface area contributed by atoms with E-state index >= 15 is 0 Å². The van der Waals surface area contributed by atoms with E-state index in [1.165, 1.54) is 0 Å². The second kappa shape index (κ2) is 13.9. The van der Waals surface area contributed by atoms with Crippen molar-refractivity contribution in [3.63, 3.8) is 0 Å². The molecule has 0 heterocycles. The maximum absolute atomic E-state index is 13.0. The average Bonchev–Trinajstić information content (AvgIpc) is 2.78. The van der Waals surface area contributed by atoms with Crippen LogP contribution in [0.4, 0.5) is 0 Å². The molecule has 1 aromatic rings. The molecule has 0 saturated heterocycles. The molecular weight excluding hydrogens is 448 g/mol. The van der Waals surface area contributed by atoms with Crippen LogP contribution in [-0.4, -0.2) is 75.8 Å². The Bertz CT molecular complexity index is 862. The molecule has 0 saturated carbocycles. The van der Waals surface area contributed by atoms with Crippen LogP contribution in [0.5, 0.6) is 0 Å². The molecule has 0 fully saturated rings. The second-order valence-corrected chi connectivity index (χ2v) is 8.10. The Morgan fingerprint density at radius 2 is 1.38 bits per heavy atom. The molecule has 34 heavy (non-hydrogen) atoms. The minimum atomic E-state index is -1.59. The van der Waals surface area contributed by atoms with Crippen LogP contribution in [0.25, 0.3) is 0 Å². The minimum Gasteiger partial charge on any atom is -0.481 e. The average molecular weight is 481 g/mol. The number of nitrogens with two attached hydrogens (primary N) is 1. The van der Waals surface area contributed by atoms with Gasteiger partial charge >= 0.3 is 11.9 Å². The lowest BCUT2D eigenvalue weighted by atomic mass is 10.0. The van der Waals surface area contributed by atoms with Crippen molar-refractivity contribution in [1.29, 1.82) is 0 Å². The largest absolute Gasteiger partial charge is 0.481 e. The standard InChI is InChI=1S/C22H32N4O8/c1-12(2)18(23)21(32)24-14(8-9-17(28)29)19(30)25-15(10-13-6-4-3-5-7-13)20(31)26-16(11-27)22(33)34/h3-7,12,14-16,18,27H,8-11,23H2,1-2H3,(H,24,32)(H,25,30)(H,26,31)(H,28,29)(H,33,34). The molecule has 0 radical (unpaired) electrons. The van der Waals surface area contributed by atoms with Crippen LogP contribution in [0, 0.1) is 5.92 Å². The van der Waals surface area contributed by atoms with E-state index in [4.69, 9.17) is 15.9 Å². The summed E-state index contributed by atoms with van der Waals surface area (Å²) >= 11 is 0. The van der Waals surface area contributed by atoms with Gasteiger partial charge in [0.2, 0.25) is 17.7 Å². The monoisotopic (exact) mass is 480 g/mol. The summed E-state index contributed by atoms with van der Waals surface area (Å²) in [5.41, 5.74) is 6.46. The van der Waals surface area contributed by atoms with Crippen LogP contribution in [-0.2, 0) is 30.4 Å². The molecule has 4 unspecified atom stereocenters. The van der Waals surface area contributed by atoms with Crippen molar-refractivity contribution < 1.29 is 39.3 Å². The molecule has 0 aliphatic carbocycles. The number of carbonyl (C=O) groups is 5. The third-order valence-electron chi connectivity index (χ3n) is 5.01. The molecule has 12 heteroatoms. The van der Waals surface area contributed by atoms with E-state index in [2.05, 4.69) is 16.0 Å². The number of nitrogens with one attached hydrogen (secondary N) is 3. The molecule has 0 bridgehead atoms. The van der Waals surface area contributed by atoms with E-state index in [1.54, 1.807) is 44.2 Å². The van der Waals surface area contributed by atoms with Crippen molar-refractivity contribution in [2.45, 2.75) is 57.3 Å². The SMILES string of the molecule is CC(C)C(N)C(=O)NC(CCC(=O)O)C(=O)NC(Cc1ccccc1)C(=O)NC(CO)C(=O)O. The number of carbonyl (C=O) groups excluding carboxylic acids is 3. The number of carboxylic acids is 2. The van der Waals surface area contributed by atoms with E-state index in [0.717, 1.165) is 0 Å². The normalized spacial score (nSPS) is 14.4. The Balaban J connectivity index is 3.11. The zero-order valence-electron chi connectivity index (χ0n) is 19.1. The summed E-state index contributed by atoms with van der Waals surface area (Å²) in [6.45, 7) is 2.55. The molecule has 0 aliphatic heterocycles. The second-order valence-electron chi connectivity index (χ2n) is 8.10.